The minimum Gasteiger partial charge on any atom is -0.487 e. The van der Waals surface area contributed by atoms with Gasteiger partial charge in [0.2, 0.25) is 0 Å². The van der Waals surface area contributed by atoms with E-state index >= 15 is 0 Å². The number of benzene rings is 2. The molecule has 0 bridgehead atoms. The fourth-order valence-corrected chi connectivity index (χ4v) is 5.01. The molecule has 2 aromatic carbocycles. The molecule has 1 fully saturated rings. The maximum atomic E-state index is 13.9. The second-order valence-electron chi connectivity index (χ2n) is 8.93. The molecule has 1 atom stereocenters. The number of rotatable bonds is 5. The average molecular weight is 485 g/mol. The van der Waals surface area contributed by atoms with Gasteiger partial charge >= 0.3 is 0 Å². The number of piperidine rings is 1. The van der Waals surface area contributed by atoms with Crippen molar-refractivity contribution in [1.29, 1.82) is 0 Å². The summed E-state index contributed by atoms with van der Waals surface area (Å²) in [5, 5.41) is 0.413. The minimum atomic E-state index is -0.679. The molecule has 1 aromatic heterocycles. The van der Waals surface area contributed by atoms with Gasteiger partial charge < -0.3 is 9.64 Å². The van der Waals surface area contributed by atoms with Crippen molar-refractivity contribution in [3.63, 3.8) is 0 Å². The summed E-state index contributed by atoms with van der Waals surface area (Å²) < 4.78 is 32.8. The van der Waals surface area contributed by atoms with E-state index in [9.17, 15) is 8.78 Å². The molecule has 0 spiro atoms. The van der Waals surface area contributed by atoms with Crippen LogP contribution in [-0.4, -0.2) is 40.6 Å². The lowest BCUT2D eigenvalue weighted by atomic mass is 10.0. The molecule has 5 rings (SSSR count). The molecular formula is C26H27ClF2N4O. The summed E-state index contributed by atoms with van der Waals surface area (Å²) in [7, 11) is 0. The summed E-state index contributed by atoms with van der Waals surface area (Å²) in [6.07, 6.45) is 2.06. The number of halogens is 3. The van der Waals surface area contributed by atoms with E-state index in [1.54, 1.807) is 0 Å². The van der Waals surface area contributed by atoms with Crippen LogP contribution in [0, 0.1) is 11.6 Å². The van der Waals surface area contributed by atoms with E-state index in [2.05, 4.69) is 41.0 Å². The second-order valence-corrected chi connectivity index (χ2v) is 9.29. The first-order valence-corrected chi connectivity index (χ1v) is 12.1. The lowest BCUT2D eigenvalue weighted by molar-refractivity contribution is 0.163. The molecule has 1 saturated heterocycles. The molecule has 178 valence electrons. The van der Waals surface area contributed by atoms with Crippen molar-refractivity contribution >= 4 is 17.4 Å². The highest BCUT2D eigenvalue weighted by atomic mass is 35.5. The Morgan fingerprint density at radius 2 is 1.79 bits per heavy atom. The van der Waals surface area contributed by atoms with E-state index in [0.717, 1.165) is 37.0 Å². The molecule has 0 saturated carbocycles. The van der Waals surface area contributed by atoms with Gasteiger partial charge in [-0.2, -0.15) is 0 Å². The predicted molar refractivity (Wildman–Crippen MR) is 128 cm³/mol. The highest BCUT2D eigenvalue weighted by Gasteiger charge is 2.30. The Balaban J connectivity index is 1.24. The number of hydrogen-bond acceptors (Lipinski definition) is 5. The van der Waals surface area contributed by atoms with Gasteiger partial charge in [-0.3, -0.25) is 4.90 Å². The molecule has 3 heterocycles. The van der Waals surface area contributed by atoms with Crippen molar-refractivity contribution < 1.29 is 13.5 Å². The van der Waals surface area contributed by atoms with Crippen molar-refractivity contribution in [3.05, 3.63) is 82.3 Å². The number of aromatic nitrogens is 2. The number of nitrogens with zero attached hydrogens (tertiary/aromatic N) is 4. The molecule has 0 aliphatic carbocycles. The van der Waals surface area contributed by atoms with Crippen LogP contribution >= 0.6 is 11.6 Å². The molecule has 2 aliphatic heterocycles. The lowest BCUT2D eigenvalue weighted by Crippen LogP contribution is -2.40. The van der Waals surface area contributed by atoms with E-state index in [-0.39, 0.29) is 17.9 Å². The zero-order valence-electron chi connectivity index (χ0n) is 19.1. The van der Waals surface area contributed by atoms with E-state index in [4.69, 9.17) is 26.3 Å². The van der Waals surface area contributed by atoms with Crippen LogP contribution in [0.15, 0.2) is 48.5 Å². The lowest BCUT2D eigenvalue weighted by Gasteiger charge is -2.36. The molecule has 3 aromatic rings. The summed E-state index contributed by atoms with van der Waals surface area (Å²) in [6.45, 7) is 5.29. The summed E-state index contributed by atoms with van der Waals surface area (Å²) in [5.41, 5.74) is 3.22. The maximum absolute atomic E-state index is 13.9. The van der Waals surface area contributed by atoms with E-state index < -0.39 is 11.6 Å². The van der Waals surface area contributed by atoms with Crippen LogP contribution in [0.1, 0.15) is 42.8 Å². The Morgan fingerprint density at radius 3 is 2.53 bits per heavy atom. The van der Waals surface area contributed by atoms with Gasteiger partial charge in [-0.1, -0.05) is 41.9 Å². The normalized spacial score (nSPS) is 19.2. The van der Waals surface area contributed by atoms with Gasteiger partial charge in [0.05, 0.1) is 17.4 Å². The fraction of sp³-hybridized carbons (Fsp3) is 0.385. The van der Waals surface area contributed by atoms with Gasteiger partial charge in [0.1, 0.15) is 11.9 Å². The number of fused-ring (bicyclic) bond motifs is 1. The van der Waals surface area contributed by atoms with Crippen molar-refractivity contribution in [1.82, 2.24) is 14.9 Å². The summed E-state index contributed by atoms with van der Waals surface area (Å²) in [4.78, 5) is 14.2. The van der Waals surface area contributed by atoms with Crippen LogP contribution in [0.3, 0.4) is 0 Å². The number of anilines is 1. The molecule has 5 nitrogen and oxygen atoms in total. The molecule has 1 unspecified atom stereocenters. The molecule has 0 radical (unpaired) electrons. The zero-order valence-corrected chi connectivity index (χ0v) is 19.8. The highest BCUT2D eigenvalue weighted by Crippen LogP contribution is 2.34. The van der Waals surface area contributed by atoms with Crippen LogP contribution in [0.4, 0.5) is 14.6 Å². The maximum Gasteiger partial charge on any atom is 0.171 e. The molecule has 8 heteroatoms. The fourth-order valence-electron chi connectivity index (χ4n) is 4.76. The SMILES string of the molecule is CC1c2nc(Cl)c(N3CCC(Oc4ccc(F)cc4F)CC3)nc2CCN1Cc1ccccc1. The van der Waals surface area contributed by atoms with E-state index in [1.807, 2.05) is 6.07 Å². The molecule has 0 amide bonds. The van der Waals surface area contributed by atoms with E-state index in [1.165, 1.54) is 17.7 Å². The first-order chi connectivity index (χ1) is 16.5. The van der Waals surface area contributed by atoms with Crippen LogP contribution < -0.4 is 9.64 Å². The summed E-state index contributed by atoms with van der Waals surface area (Å²) in [6, 6.07) is 14.0. The Morgan fingerprint density at radius 1 is 1.03 bits per heavy atom. The molecule has 34 heavy (non-hydrogen) atoms. The van der Waals surface area contributed by atoms with Crippen LogP contribution in [0.5, 0.6) is 5.75 Å². The summed E-state index contributed by atoms with van der Waals surface area (Å²) >= 11 is 6.62. The summed E-state index contributed by atoms with van der Waals surface area (Å²) in [5.74, 6) is -0.504. The quantitative estimate of drug-likeness (QED) is 0.473. The zero-order chi connectivity index (χ0) is 23.7. The Bertz CT molecular complexity index is 1160. The van der Waals surface area contributed by atoms with Gasteiger partial charge in [0.25, 0.3) is 0 Å². The smallest absolute Gasteiger partial charge is 0.171 e. The first-order valence-electron chi connectivity index (χ1n) is 11.7. The second kappa shape index (κ2) is 9.84. The Labute approximate surface area is 203 Å². The standard InChI is InChI=1S/C26H27ClF2N4O/c1-17-24-22(11-14-33(17)16-18-5-3-2-4-6-18)30-26(25(27)31-24)32-12-9-20(10-13-32)34-23-8-7-19(28)15-21(23)29/h2-8,15,17,20H,9-14,16H2,1H3. The van der Waals surface area contributed by atoms with Crippen LogP contribution in [-0.2, 0) is 13.0 Å². The third kappa shape index (κ3) is 4.86. The van der Waals surface area contributed by atoms with Crippen molar-refractivity contribution in [2.75, 3.05) is 24.5 Å². The van der Waals surface area contributed by atoms with Gasteiger partial charge in [-0.25, -0.2) is 18.7 Å². The topological polar surface area (TPSA) is 41.5 Å². The number of hydrogen-bond donors (Lipinski definition) is 0. The average Bonchev–Trinajstić information content (AvgIpc) is 2.84. The van der Waals surface area contributed by atoms with Crippen LogP contribution in [0.25, 0.3) is 0 Å². The third-order valence-electron chi connectivity index (χ3n) is 6.68. The van der Waals surface area contributed by atoms with Crippen molar-refractivity contribution in [3.8, 4) is 5.75 Å². The Kier molecular flexibility index (Phi) is 6.66. The predicted octanol–water partition coefficient (Wildman–Crippen LogP) is 5.58. The van der Waals surface area contributed by atoms with Gasteiger partial charge in [-0.05, 0) is 24.6 Å². The van der Waals surface area contributed by atoms with E-state index in [0.29, 0.717) is 36.9 Å². The van der Waals surface area contributed by atoms with Gasteiger partial charge in [-0.15, -0.1) is 0 Å². The molecule has 0 N–H and O–H groups in total. The van der Waals surface area contributed by atoms with Crippen molar-refractivity contribution in [2.45, 2.75) is 44.9 Å². The Hall–Kier alpha value is -2.77. The third-order valence-corrected chi connectivity index (χ3v) is 6.93. The number of ether oxygens (including phenoxy) is 1. The monoisotopic (exact) mass is 484 g/mol. The van der Waals surface area contributed by atoms with Gasteiger partial charge in [0.15, 0.2) is 22.5 Å². The largest absolute Gasteiger partial charge is 0.487 e. The molecule has 2 aliphatic rings. The van der Waals surface area contributed by atoms with Crippen molar-refractivity contribution in [2.24, 2.45) is 0 Å². The minimum absolute atomic E-state index is 0.0838. The first kappa shape index (κ1) is 23.0. The molecular weight excluding hydrogens is 458 g/mol. The van der Waals surface area contributed by atoms with Crippen LogP contribution in [0.2, 0.25) is 5.15 Å². The van der Waals surface area contributed by atoms with Gasteiger partial charge in [0, 0.05) is 51.5 Å². The highest BCUT2D eigenvalue weighted by molar-refractivity contribution is 6.31.